The van der Waals surface area contributed by atoms with E-state index in [2.05, 4.69) is 26.1 Å². The molecule has 1 atom stereocenters. The summed E-state index contributed by atoms with van der Waals surface area (Å²) in [5, 5.41) is 3.01. The third kappa shape index (κ3) is 3.49. The van der Waals surface area contributed by atoms with E-state index < -0.39 is 5.54 Å². The second-order valence-electron chi connectivity index (χ2n) is 5.36. The average Bonchev–Trinajstić information content (AvgIpc) is 2.10. The summed E-state index contributed by atoms with van der Waals surface area (Å²) < 4.78 is 0. The van der Waals surface area contributed by atoms with E-state index >= 15 is 0 Å². The van der Waals surface area contributed by atoms with Gasteiger partial charge in [0.15, 0.2) is 0 Å². The molecule has 0 aliphatic heterocycles. The van der Waals surface area contributed by atoms with Gasteiger partial charge in [0.25, 0.3) is 0 Å². The molecule has 1 saturated carbocycles. The Bertz CT molecular complexity index is 222. The van der Waals surface area contributed by atoms with Gasteiger partial charge in [-0.3, -0.25) is 4.79 Å². The number of rotatable bonds is 5. The summed E-state index contributed by atoms with van der Waals surface area (Å²) >= 11 is 0. The molecule has 3 nitrogen and oxygen atoms in total. The van der Waals surface area contributed by atoms with Crippen molar-refractivity contribution in [2.75, 3.05) is 0 Å². The predicted octanol–water partition coefficient (Wildman–Crippen LogP) is 1.81. The van der Waals surface area contributed by atoms with Crippen molar-refractivity contribution in [3.8, 4) is 0 Å². The highest BCUT2D eigenvalue weighted by molar-refractivity contribution is 5.87. The Kier molecular flexibility index (Phi) is 4.14. The van der Waals surface area contributed by atoms with Gasteiger partial charge >= 0.3 is 0 Å². The summed E-state index contributed by atoms with van der Waals surface area (Å²) in [6.07, 6.45) is 4.97. The monoisotopic (exact) mass is 212 g/mol. The van der Waals surface area contributed by atoms with Gasteiger partial charge in [0.1, 0.15) is 0 Å². The summed E-state index contributed by atoms with van der Waals surface area (Å²) in [5.74, 6) is 0.741. The summed E-state index contributed by atoms with van der Waals surface area (Å²) in [5.41, 5.74) is 5.39. The van der Waals surface area contributed by atoms with Gasteiger partial charge in [-0.1, -0.05) is 13.8 Å². The molecule has 0 radical (unpaired) electrons. The van der Waals surface area contributed by atoms with Crippen molar-refractivity contribution < 1.29 is 4.79 Å². The molecule has 1 rings (SSSR count). The lowest BCUT2D eigenvalue weighted by Gasteiger charge is -2.37. The van der Waals surface area contributed by atoms with Crippen molar-refractivity contribution in [1.82, 2.24) is 5.32 Å². The molecule has 0 bridgehead atoms. The number of hydrogen-bond donors (Lipinski definition) is 2. The van der Waals surface area contributed by atoms with Crippen LogP contribution in [0.25, 0.3) is 0 Å². The van der Waals surface area contributed by atoms with Crippen molar-refractivity contribution in [1.29, 1.82) is 0 Å². The first-order valence-corrected chi connectivity index (χ1v) is 6.04. The van der Waals surface area contributed by atoms with Gasteiger partial charge in [0.05, 0.1) is 5.54 Å². The van der Waals surface area contributed by atoms with Crippen LogP contribution in [0.1, 0.15) is 52.9 Å². The van der Waals surface area contributed by atoms with Crippen molar-refractivity contribution >= 4 is 5.91 Å². The van der Waals surface area contributed by atoms with E-state index in [1.807, 2.05) is 0 Å². The zero-order valence-electron chi connectivity index (χ0n) is 10.2. The Morgan fingerprint density at radius 2 is 1.93 bits per heavy atom. The van der Waals surface area contributed by atoms with Gasteiger partial charge < -0.3 is 11.1 Å². The molecule has 88 valence electrons. The van der Waals surface area contributed by atoms with Crippen LogP contribution in [0.15, 0.2) is 0 Å². The molecule has 15 heavy (non-hydrogen) atoms. The van der Waals surface area contributed by atoms with E-state index in [0.717, 1.165) is 32.1 Å². The van der Waals surface area contributed by atoms with Gasteiger partial charge in [0, 0.05) is 6.04 Å². The van der Waals surface area contributed by atoms with Crippen molar-refractivity contribution in [3.63, 3.8) is 0 Å². The summed E-state index contributed by atoms with van der Waals surface area (Å²) in [7, 11) is 0. The van der Waals surface area contributed by atoms with E-state index in [1.165, 1.54) is 0 Å². The molecule has 0 aromatic rings. The summed E-state index contributed by atoms with van der Waals surface area (Å²) in [6, 6.07) is 0.251. The SMILES string of the molecule is CC(C)CCC(C)NC(=O)C1(N)CCC1. The van der Waals surface area contributed by atoms with Crippen LogP contribution < -0.4 is 11.1 Å². The molecule has 0 aromatic heterocycles. The number of amides is 1. The number of carbonyl (C=O) groups is 1. The lowest BCUT2D eigenvalue weighted by molar-refractivity contribution is -0.129. The molecular weight excluding hydrogens is 188 g/mol. The topological polar surface area (TPSA) is 55.1 Å². The van der Waals surface area contributed by atoms with Crippen molar-refractivity contribution in [3.05, 3.63) is 0 Å². The molecule has 1 aliphatic carbocycles. The van der Waals surface area contributed by atoms with Crippen LogP contribution in [-0.4, -0.2) is 17.5 Å². The fourth-order valence-electron chi connectivity index (χ4n) is 1.81. The molecule has 1 amide bonds. The van der Waals surface area contributed by atoms with Crippen LogP contribution in [0.2, 0.25) is 0 Å². The second-order valence-corrected chi connectivity index (χ2v) is 5.36. The van der Waals surface area contributed by atoms with E-state index in [4.69, 9.17) is 5.73 Å². The summed E-state index contributed by atoms with van der Waals surface area (Å²) in [4.78, 5) is 11.8. The van der Waals surface area contributed by atoms with Crippen LogP contribution in [0.5, 0.6) is 0 Å². The Balaban J connectivity index is 2.25. The van der Waals surface area contributed by atoms with Gasteiger partial charge in [-0.2, -0.15) is 0 Å². The largest absolute Gasteiger partial charge is 0.352 e. The first-order valence-electron chi connectivity index (χ1n) is 6.04. The number of nitrogens with one attached hydrogen (secondary N) is 1. The molecule has 0 aromatic carbocycles. The van der Waals surface area contributed by atoms with Gasteiger partial charge in [0.2, 0.25) is 5.91 Å². The van der Waals surface area contributed by atoms with Crippen LogP contribution in [0.3, 0.4) is 0 Å². The molecule has 3 N–H and O–H groups in total. The van der Waals surface area contributed by atoms with Gasteiger partial charge in [-0.05, 0) is 44.9 Å². The maximum atomic E-state index is 11.8. The normalized spacial score (nSPS) is 20.9. The number of hydrogen-bond acceptors (Lipinski definition) is 2. The molecule has 1 unspecified atom stereocenters. The first-order chi connectivity index (χ1) is 6.94. The predicted molar refractivity (Wildman–Crippen MR) is 62.4 cm³/mol. The Hall–Kier alpha value is -0.570. The minimum absolute atomic E-state index is 0.0463. The van der Waals surface area contributed by atoms with Crippen LogP contribution >= 0.6 is 0 Å². The minimum Gasteiger partial charge on any atom is -0.352 e. The Labute approximate surface area is 92.8 Å². The van der Waals surface area contributed by atoms with Crippen LogP contribution in [0, 0.1) is 5.92 Å². The molecule has 1 aliphatic rings. The van der Waals surface area contributed by atoms with Crippen LogP contribution in [-0.2, 0) is 4.79 Å². The van der Waals surface area contributed by atoms with E-state index in [0.29, 0.717) is 5.92 Å². The zero-order chi connectivity index (χ0) is 11.5. The fourth-order valence-corrected chi connectivity index (χ4v) is 1.81. The standard InChI is InChI=1S/C12H24N2O/c1-9(2)5-6-10(3)14-11(15)12(13)7-4-8-12/h9-10H,4-8,13H2,1-3H3,(H,14,15). The highest BCUT2D eigenvalue weighted by atomic mass is 16.2. The number of carbonyl (C=O) groups excluding carboxylic acids is 1. The summed E-state index contributed by atoms with van der Waals surface area (Å²) in [6.45, 7) is 6.46. The number of nitrogens with two attached hydrogens (primary N) is 1. The maximum Gasteiger partial charge on any atom is 0.240 e. The molecule has 1 fully saturated rings. The maximum absolute atomic E-state index is 11.8. The lowest BCUT2D eigenvalue weighted by atomic mass is 9.77. The van der Waals surface area contributed by atoms with Crippen molar-refractivity contribution in [2.45, 2.75) is 64.5 Å². The Morgan fingerprint density at radius 3 is 2.33 bits per heavy atom. The third-order valence-electron chi connectivity index (χ3n) is 3.25. The fraction of sp³-hybridized carbons (Fsp3) is 0.917. The molecule has 0 heterocycles. The second kappa shape index (κ2) is 4.97. The Morgan fingerprint density at radius 1 is 1.33 bits per heavy atom. The van der Waals surface area contributed by atoms with Gasteiger partial charge in [-0.15, -0.1) is 0 Å². The smallest absolute Gasteiger partial charge is 0.240 e. The highest BCUT2D eigenvalue weighted by Crippen LogP contribution is 2.29. The van der Waals surface area contributed by atoms with E-state index in [-0.39, 0.29) is 11.9 Å². The van der Waals surface area contributed by atoms with E-state index in [1.54, 1.807) is 0 Å². The molecular formula is C12H24N2O. The first kappa shape index (κ1) is 12.5. The minimum atomic E-state index is -0.550. The quantitative estimate of drug-likeness (QED) is 0.730. The third-order valence-corrected chi connectivity index (χ3v) is 3.25. The van der Waals surface area contributed by atoms with Crippen molar-refractivity contribution in [2.24, 2.45) is 11.7 Å². The van der Waals surface area contributed by atoms with E-state index in [9.17, 15) is 4.79 Å². The van der Waals surface area contributed by atoms with Crippen LogP contribution in [0.4, 0.5) is 0 Å². The molecule has 0 saturated heterocycles. The molecule has 3 heteroatoms. The molecule has 0 spiro atoms. The van der Waals surface area contributed by atoms with Gasteiger partial charge in [-0.25, -0.2) is 0 Å². The lowest BCUT2D eigenvalue weighted by Crippen LogP contribution is -2.59. The average molecular weight is 212 g/mol. The zero-order valence-corrected chi connectivity index (χ0v) is 10.2. The highest BCUT2D eigenvalue weighted by Gasteiger charge is 2.40.